The predicted molar refractivity (Wildman–Crippen MR) is 132 cm³/mol. The van der Waals surface area contributed by atoms with Gasteiger partial charge in [0.15, 0.2) is 0 Å². The maximum Gasteiger partial charge on any atom is 0.426 e. The first-order valence-electron chi connectivity index (χ1n) is 12.5. The molecular weight excluding hydrogens is 514 g/mol. The van der Waals surface area contributed by atoms with E-state index in [0.717, 1.165) is 16.7 Å². The molecule has 0 aromatic heterocycles. The van der Waals surface area contributed by atoms with Gasteiger partial charge in [-0.1, -0.05) is 44.2 Å². The van der Waals surface area contributed by atoms with Crippen LogP contribution in [0.25, 0.3) is 0 Å². The smallest absolute Gasteiger partial charge is 0.426 e. The van der Waals surface area contributed by atoms with Crippen LogP contribution in [0.2, 0.25) is 0 Å². The zero-order valence-corrected chi connectivity index (χ0v) is 22.0. The van der Waals surface area contributed by atoms with E-state index in [9.17, 15) is 41.7 Å². The monoisotopic (exact) mass is 550 g/mol. The molecule has 0 saturated carbocycles. The first-order chi connectivity index (χ1) is 17.6. The van der Waals surface area contributed by atoms with Crippen molar-refractivity contribution in [3.8, 4) is 5.75 Å². The summed E-state index contributed by atoms with van der Waals surface area (Å²) in [6.45, 7) is 7.26. The Kier molecular flexibility index (Phi) is 10.3. The normalized spacial score (nSPS) is 13.3. The Hall–Kier alpha value is -2.30. The van der Waals surface area contributed by atoms with Crippen molar-refractivity contribution < 1.29 is 46.4 Å². The van der Waals surface area contributed by atoms with Gasteiger partial charge in [0, 0.05) is 11.3 Å². The summed E-state index contributed by atoms with van der Waals surface area (Å²) in [6, 6.07) is 10.8. The Balaban J connectivity index is 2.37. The number of hydrogen-bond donors (Lipinski definition) is 3. The average Bonchev–Trinajstić information content (AvgIpc) is 2.84. The van der Waals surface area contributed by atoms with Gasteiger partial charge >= 0.3 is 12.4 Å². The zero-order chi connectivity index (χ0) is 28.9. The minimum absolute atomic E-state index is 0.151. The van der Waals surface area contributed by atoms with Gasteiger partial charge in [0.1, 0.15) is 5.75 Å². The maximum absolute atomic E-state index is 13.1. The number of benzene rings is 2. The molecule has 3 N–H and O–H groups in total. The van der Waals surface area contributed by atoms with Crippen molar-refractivity contribution in [3.63, 3.8) is 0 Å². The van der Waals surface area contributed by atoms with Gasteiger partial charge in [0.25, 0.3) is 5.60 Å². The van der Waals surface area contributed by atoms with E-state index >= 15 is 0 Å². The zero-order valence-electron chi connectivity index (χ0n) is 22.0. The lowest BCUT2D eigenvalue weighted by Gasteiger charge is -2.35. The molecule has 0 aliphatic heterocycles. The van der Waals surface area contributed by atoms with Crippen molar-refractivity contribution in [1.82, 2.24) is 0 Å². The van der Waals surface area contributed by atoms with Crippen LogP contribution in [0.3, 0.4) is 0 Å². The molecule has 10 heteroatoms. The first kappa shape index (κ1) is 31.9. The summed E-state index contributed by atoms with van der Waals surface area (Å²) in [7, 11) is 0. The van der Waals surface area contributed by atoms with Crippen molar-refractivity contribution >= 4 is 0 Å². The predicted octanol–water partition coefficient (Wildman–Crippen LogP) is 6.18. The number of rotatable bonds is 12. The Labute approximate surface area is 219 Å². The number of halogens is 6. The van der Waals surface area contributed by atoms with Gasteiger partial charge in [-0.25, -0.2) is 0 Å². The maximum atomic E-state index is 13.1. The fraction of sp³-hybridized carbons (Fsp3) is 0.571. The van der Waals surface area contributed by atoms with E-state index in [4.69, 9.17) is 4.74 Å². The van der Waals surface area contributed by atoms with Crippen LogP contribution in [0, 0.1) is 19.8 Å². The Morgan fingerprint density at radius 1 is 0.789 bits per heavy atom. The van der Waals surface area contributed by atoms with Crippen molar-refractivity contribution in [1.29, 1.82) is 0 Å². The molecule has 0 aliphatic carbocycles. The molecule has 0 fully saturated rings. The molecule has 0 saturated heterocycles. The van der Waals surface area contributed by atoms with Crippen molar-refractivity contribution in [2.75, 3.05) is 19.8 Å². The minimum atomic E-state index is -5.84. The minimum Gasteiger partial charge on any atom is -0.493 e. The van der Waals surface area contributed by atoms with Crippen LogP contribution in [-0.4, -0.2) is 53.1 Å². The number of ether oxygens (including phenoxy) is 1. The highest BCUT2D eigenvalue weighted by molar-refractivity contribution is 5.47. The van der Waals surface area contributed by atoms with Gasteiger partial charge < -0.3 is 20.1 Å². The molecule has 0 atom stereocenters. The van der Waals surface area contributed by atoms with E-state index in [1.54, 1.807) is 19.1 Å². The number of hydrogen-bond acceptors (Lipinski definition) is 4. The van der Waals surface area contributed by atoms with Gasteiger partial charge in [0.05, 0.1) is 19.8 Å². The molecule has 0 amide bonds. The van der Waals surface area contributed by atoms with Gasteiger partial charge in [-0.2, -0.15) is 26.3 Å². The number of aliphatic hydroxyl groups is 3. The highest BCUT2D eigenvalue weighted by Gasteiger charge is 2.69. The third kappa shape index (κ3) is 6.46. The molecule has 2 rings (SSSR count). The van der Waals surface area contributed by atoms with Crippen LogP contribution in [0.4, 0.5) is 26.3 Å². The van der Waals surface area contributed by atoms with Crippen LogP contribution in [0.15, 0.2) is 36.4 Å². The molecule has 4 nitrogen and oxygen atoms in total. The third-order valence-corrected chi connectivity index (χ3v) is 7.51. The summed E-state index contributed by atoms with van der Waals surface area (Å²) in [5.41, 5.74) is -1.72. The van der Waals surface area contributed by atoms with E-state index in [0.29, 0.717) is 29.7 Å². The highest BCUT2D eigenvalue weighted by atomic mass is 19.4. The summed E-state index contributed by atoms with van der Waals surface area (Å²) in [5.74, 6) is 0.208. The van der Waals surface area contributed by atoms with Crippen molar-refractivity contribution in [2.24, 2.45) is 5.92 Å². The fourth-order valence-electron chi connectivity index (χ4n) is 4.75. The van der Waals surface area contributed by atoms with Crippen LogP contribution < -0.4 is 4.74 Å². The summed E-state index contributed by atoms with van der Waals surface area (Å²) in [4.78, 5) is 0. The van der Waals surface area contributed by atoms with Gasteiger partial charge in [-0.15, -0.1) is 0 Å². The molecule has 0 radical (unpaired) electrons. The van der Waals surface area contributed by atoms with E-state index in [2.05, 4.69) is 0 Å². The van der Waals surface area contributed by atoms with E-state index < -0.39 is 42.1 Å². The molecule has 214 valence electrons. The number of aryl methyl sites for hydroxylation is 3. The standard InChI is InChI=1S/C28H36F6O4/c1-5-25(6-2,23-9-10-24(19(4)14-23)38-17-20(15-35)16-36)22-8-7-21(18(3)13-22)11-12-26(37,27(29,30)31)28(32,33)34/h7-10,13-14,20,35-37H,5-6,11-12,15-17H2,1-4H3. The van der Waals surface area contributed by atoms with Gasteiger partial charge in [0.2, 0.25) is 0 Å². The highest BCUT2D eigenvalue weighted by Crippen LogP contribution is 2.46. The average molecular weight is 551 g/mol. The Morgan fingerprint density at radius 2 is 1.29 bits per heavy atom. The van der Waals surface area contributed by atoms with E-state index in [-0.39, 0.29) is 19.8 Å². The SMILES string of the molecule is CCC(CC)(c1ccc(CCC(O)(C(F)(F)F)C(F)(F)F)c(C)c1)c1ccc(OCC(CO)CO)c(C)c1. The van der Waals surface area contributed by atoms with Crippen LogP contribution >= 0.6 is 0 Å². The second-order valence-electron chi connectivity index (χ2n) is 9.81. The number of alkyl halides is 6. The van der Waals surface area contributed by atoms with Crippen LogP contribution in [0.1, 0.15) is 60.9 Å². The lowest BCUT2D eigenvalue weighted by atomic mass is 9.69. The quantitative estimate of drug-likeness (QED) is 0.276. The third-order valence-electron chi connectivity index (χ3n) is 7.51. The summed E-state index contributed by atoms with van der Waals surface area (Å²) < 4.78 is 84.3. The molecule has 2 aromatic rings. The van der Waals surface area contributed by atoms with Gasteiger partial charge in [-0.3, -0.25) is 0 Å². The molecule has 0 bridgehead atoms. The summed E-state index contributed by atoms with van der Waals surface area (Å²) in [5, 5.41) is 28.0. The Bertz CT molecular complexity index is 1040. The molecule has 2 aromatic carbocycles. The molecule has 38 heavy (non-hydrogen) atoms. The summed E-state index contributed by atoms with van der Waals surface area (Å²) in [6.07, 6.45) is -12.4. The van der Waals surface area contributed by atoms with E-state index in [1.807, 2.05) is 39.0 Å². The van der Waals surface area contributed by atoms with Gasteiger partial charge in [-0.05, 0) is 73.4 Å². The number of aliphatic hydroxyl groups excluding tert-OH is 2. The largest absolute Gasteiger partial charge is 0.493 e. The molecule has 0 spiro atoms. The first-order valence-corrected chi connectivity index (χ1v) is 12.5. The topological polar surface area (TPSA) is 69.9 Å². The van der Waals surface area contributed by atoms with Crippen LogP contribution in [0.5, 0.6) is 5.75 Å². The second kappa shape index (κ2) is 12.3. The van der Waals surface area contributed by atoms with Crippen molar-refractivity contribution in [2.45, 2.75) is 76.7 Å². The van der Waals surface area contributed by atoms with Crippen LogP contribution in [-0.2, 0) is 11.8 Å². The molecule has 0 aliphatic rings. The fourth-order valence-corrected chi connectivity index (χ4v) is 4.75. The Morgan fingerprint density at radius 3 is 1.71 bits per heavy atom. The van der Waals surface area contributed by atoms with Crippen molar-refractivity contribution in [3.05, 3.63) is 64.2 Å². The van der Waals surface area contributed by atoms with E-state index in [1.165, 1.54) is 6.07 Å². The molecular formula is C28H36F6O4. The lowest BCUT2D eigenvalue weighted by Crippen LogP contribution is -2.57. The summed E-state index contributed by atoms with van der Waals surface area (Å²) >= 11 is 0. The molecule has 0 unspecified atom stereocenters. The molecule has 0 heterocycles. The second-order valence-corrected chi connectivity index (χ2v) is 9.81. The lowest BCUT2D eigenvalue weighted by molar-refractivity contribution is -0.369.